The van der Waals surface area contributed by atoms with Crippen LogP contribution in [0.15, 0.2) is 11.6 Å². The number of hydrogen-bond acceptors (Lipinski definition) is 7. The van der Waals surface area contributed by atoms with Crippen molar-refractivity contribution >= 4 is 23.5 Å². The molecule has 1 aliphatic rings. The van der Waals surface area contributed by atoms with E-state index in [-0.39, 0.29) is 19.1 Å². The Morgan fingerprint density at radius 3 is 2.11 bits per heavy atom. The molecule has 1 saturated heterocycles. The van der Waals surface area contributed by atoms with Crippen LogP contribution in [0.2, 0.25) is 0 Å². The molecule has 8 nitrogen and oxygen atoms in total. The van der Waals surface area contributed by atoms with Crippen LogP contribution in [0, 0.1) is 0 Å². The van der Waals surface area contributed by atoms with Crippen LogP contribution >= 0.6 is 11.3 Å². The molecule has 0 saturated carbocycles. The predicted octanol–water partition coefficient (Wildman–Crippen LogP) is 3.42. The molecule has 1 aromatic heterocycles. The Kier molecular flexibility index (Phi) is 6.60. The molecule has 0 aromatic carbocycles. The minimum Gasteiger partial charge on any atom is -0.444 e. The van der Waals surface area contributed by atoms with Crippen LogP contribution in [0.3, 0.4) is 0 Å². The second-order valence-corrected chi connectivity index (χ2v) is 9.92. The number of amides is 2. The molecule has 0 aliphatic carbocycles. The first-order valence-electron chi connectivity index (χ1n) is 9.35. The van der Waals surface area contributed by atoms with Crippen molar-refractivity contribution in [3.8, 4) is 0 Å². The number of rotatable bonds is 2. The minimum atomic E-state index is -1.04. The van der Waals surface area contributed by atoms with Crippen molar-refractivity contribution < 1.29 is 24.2 Å². The lowest BCUT2D eigenvalue weighted by Crippen LogP contribution is -2.63. The van der Waals surface area contributed by atoms with E-state index < -0.39 is 35.5 Å². The molecule has 1 unspecified atom stereocenters. The summed E-state index contributed by atoms with van der Waals surface area (Å²) in [5, 5.41) is 13.1. The first-order chi connectivity index (χ1) is 12.8. The van der Waals surface area contributed by atoms with Crippen molar-refractivity contribution in [3.63, 3.8) is 0 Å². The van der Waals surface area contributed by atoms with Gasteiger partial charge in [-0.05, 0) is 48.5 Å². The van der Waals surface area contributed by atoms with Gasteiger partial charge in [-0.15, -0.1) is 11.3 Å². The molecule has 0 spiro atoms. The van der Waals surface area contributed by atoms with Gasteiger partial charge in [-0.3, -0.25) is 4.90 Å². The number of hydrogen-bond donors (Lipinski definition) is 1. The molecule has 28 heavy (non-hydrogen) atoms. The van der Waals surface area contributed by atoms with Gasteiger partial charge in [0, 0.05) is 24.7 Å². The second kappa shape index (κ2) is 8.24. The zero-order chi connectivity index (χ0) is 21.3. The van der Waals surface area contributed by atoms with Crippen LogP contribution in [0.25, 0.3) is 0 Å². The number of carbonyl (C=O) groups excluding carboxylic acids is 2. The number of carbonyl (C=O) groups is 2. The molecule has 2 rings (SSSR count). The zero-order valence-electron chi connectivity index (χ0n) is 17.6. The molecule has 1 N–H and O–H groups in total. The molecule has 0 bridgehead atoms. The van der Waals surface area contributed by atoms with Crippen molar-refractivity contribution in [1.82, 2.24) is 14.8 Å². The van der Waals surface area contributed by atoms with Gasteiger partial charge in [0.2, 0.25) is 0 Å². The maximum atomic E-state index is 12.8. The Hall–Kier alpha value is -1.87. The number of piperazine rings is 1. The molecular weight excluding hydrogens is 382 g/mol. The maximum absolute atomic E-state index is 12.8. The Morgan fingerprint density at radius 2 is 1.64 bits per heavy atom. The Labute approximate surface area is 170 Å². The molecular formula is C19H31N3O5S. The average Bonchev–Trinajstić information content (AvgIpc) is 3.04. The highest BCUT2D eigenvalue weighted by Crippen LogP contribution is 2.30. The number of aliphatic hydroxyl groups excluding tert-OH is 1. The van der Waals surface area contributed by atoms with E-state index in [9.17, 15) is 14.7 Å². The van der Waals surface area contributed by atoms with Gasteiger partial charge in [0.05, 0.1) is 12.1 Å². The van der Waals surface area contributed by atoms with Gasteiger partial charge in [0.15, 0.2) is 0 Å². The van der Waals surface area contributed by atoms with E-state index in [0.717, 1.165) is 0 Å². The Morgan fingerprint density at radius 1 is 1.11 bits per heavy atom. The lowest BCUT2D eigenvalue weighted by molar-refractivity contribution is -0.0531. The predicted molar refractivity (Wildman–Crippen MR) is 106 cm³/mol. The first kappa shape index (κ1) is 22.4. The van der Waals surface area contributed by atoms with Crippen molar-refractivity contribution in [2.75, 3.05) is 13.1 Å². The van der Waals surface area contributed by atoms with Gasteiger partial charge in [-0.2, -0.15) is 0 Å². The highest BCUT2D eigenvalue weighted by molar-refractivity contribution is 7.09. The van der Waals surface area contributed by atoms with Gasteiger partial charge in [0.1, 0.15) is 22.3 Å². The van der Waals surface area contributed by atoms with Crippen molar-refractivity contribution in [2.24, 2.45) is 0 Å². The molecule has 9 heteroatoms. The van der Waals surface area contributed by atoms with Gasteiger partial charge < -0.3 is 19.5 Å². The normalized spacial score (nSPS) is 22.0. The van der Waals surface area contributed by atoms with Crippen LogP contribution in [-0.4, -0.2) is 68.5 Å². The summed E-state index contributed by atoms with van der Waals surface area (Å²) < 4.78 is 11.0. The smallest absolute Gasteiger partial charge is 0.410 e. The lowest BCUT2D eigenvalue weighted by atomic mass is 10.0. The molecule has 0 radical (unpaired) electrons. The number of ether oxygens (including phenoxy) is 2. The molecule has 1 fully saturated rings. The fraction of sp³-hybridized carbons (Fsp3) is 0.737. The van der Waals surface area contributed by atoms with Crippen molar-refractivity contribution in [3.05, 3.63) is 16.6 Å². The molecule has 158 valence electrons. The fourth-order valence-electron chi connectivity index (χ4n) is 2.92. The highest BCUT2D eigenvalue weighted by atomic mass is 32.1. The largest absolute Gasteiger partial charge is 0.444 e. The quantitative estimate of drug-likeness (QED) is 0.799. The maximum Gasteiger partial charge on any atom is 0.410 e. The summed E-state index contributed by atoms with van der Waals surface area (Å²) >= 11 is 1.30. The van der Waals surface area contributed by atoms with Crippen molar-refractivity contribution in [1.29, 1.82) is 0 Å². The molecule has 3 atom stereocenters. The summed E-state index contributed by atoms with van der Waals surface area (Å²) in [6.45, 7) is 13.0. The van der Waals surface area contributed by atoms with Crippen LogP contribution in [0.5, 0.6) is 0 Å². The summed E-state index contributed by atoms with van der Waals surface area (Å²) in [4.78, 5) is 32.6. The Balaban J connectivity index is 2.28. The number of nitrogens with zero attached hydrogens (tertiary/aromatic N) is 3. The van der Waals surface area contributed by atoms with E-state index in [4.69, 9.17) is 9.47 Å². The number of aromatic nitrogens is 1. The van der Waals surface area contributed by atoms with Crippen LogP contribution in [-0.2, 0) is 9.47 Å². The third-order valence-corrected chi connectivity index (χ3v) is 4.95. The van der Waals surface area contributed by atoms with Crippen LogP contribution in [0.1, 0.15) is 59.6 Å². The summed E-state index contributed by atoms with van der Waals surface area (Å²) in [6, 6.07) is -0.980. The second-order valence-electron chi connectivity index (χ2n) is 9.00. The first-order valence-corrected chi connectivity index (χ1v) is 10.2. The summed E-state index contributed by atoms with van der Waals surface area (Å²) in [7, 11) is 0. The van der Waals surface area contributed by atoms with E-state index in [2.05, 4.69) is 4.98 Å². The van der Waals surface area contributed by atoms with Gasteiger partial charge in [-0.1, -0.05) is 0 Å². The zero-order valence-corrected chi connectivity index (χ0v) is 18.4. The Bertz CT molecular complexity index is 681. The standard InChI is InChI=1S/C19H31N3O5S/c1-12-10-22(17(25)27-19(5,6)7)13(14(23)15-20-8-9-28-15)11-21(12)16(24)26-18(2,3)4/h8-9,12-14,23H,10-11H2,1-7H3/t12-,13-,14?/m1/s1. The topological polar surface area (TPSA) is 92.2 Å². The van der Waals surface area contributed by atoms with E-state index >= 15 is 0 Å². The molecule has 1 aromatic rings. The van der Waals surface area contributed by atoms with E-state index in [1.54, 1.807) is 58.0 Å². The van der Waals surface area contributed by atoms with E-state index in [1.165, 1.54) is 16.2 Å². The fourth-order valence-corrected chi connectivity index (χ4v) is 3.60. The minimum absolute atomic E-state index is 0.121. The van der Waals surface area contributed by atoms with Gasteiger partial charge in [-0.25, -0.2) is 14.6 Å². The SMILES string of the molecule is C[C@@H]1CN(C(=O)OC(C)(C)C)[C@@H](C(O)c2nccs2)CN1C(=O)OC(C)(C)C. The number of aliphatic hydroxyl groups is 1. The number of thiazole rings is 1. The molecule has 2 heterocycles. The highest BCUT2D eigenvalue weighted by Gasteiger charge is 2.43. The summed E-state index contributed by atoms with van der Waals surface area (Å²) in [5.74, 6) is 0. The monoisotopic (exact) mass is 413 g/mol. The van der Waals surface area contributed by atoms with Gasteiger partial charge >= 0.3 is 12.2 Å². The lowest BCUT2D eigenvalue weighted by Gasteiger charge is -2.46. The average molecular weight is 414 g/mol. The molecule has 1 aliphatic heterocycles. The van der Waals surface area contributed by atoms with Crippen LogP contribution < -0.4 is 0 Å². The van der Waals surface area contributed by atoms with E-state index in [1.807, 2.05) is 6.92 Å². The van der Waals surface area contributed by atoms with E-state index in [0.29, 0.717) is 5.01 Å². The summed E-state index contributed by atoms with van der Waals surface area (Å²) in [6.07, 6.45) is -0.438. The summed E-state index contributed by atoms with van der Waals surface area (Å²) in [5.41, 5.74) is -1.30. The molecule has 2 amide bonds. The third-order valence-electron chi connectivity index (χ3n) is 4.10. The third kappa shape index (κ3) is 5.81. The van der Waals surface area contributed by atoms with Crippen LogP contribution in [0.4, 0.5) is 9.59 Å². The van der Waals surface area contributed by atoms with Gasteiger partial charge in [0.25, 0.3) is 0 Å². The van der Waals surface area contributed by atoms with Crippen molar-refractivity contribution in [2.45, 2.75) is 77.9 Å².